The Bertz CT molecular complexity index is 1000. The molecular formula is C18H15F7N2O2. The van der Waals surface area contributed by atoms with Crippen molar-refractivity contribution in [1.29, 1.82) is 0 Å². The van der Waals surface area contributed by atoms with Gasteiger partial charge < -0.3 is 14.0 Å². The number of pyridine rings is 1. The van der Waals surface area contributed by atoms with Crippen molar-refractivity contribution in [2.75, 3.05) is 6.61 Å². The molecule has 1 aromatic carbocycles. The molecule has 1 aromatic heterocycles. The van der Waals surface area contributed by atoms with E-state index in [-0.39, 0.29) is 29.8 Å². The van der Waals surface area contributed by atoms with Crippen LogP contribution >= 0.6 is 0 Å². The van der Waals surface area contributed by atoms with Crippen LogP contribution in [-0.4, -0.2) is 17.8 Å². The third kappa shape index (κ3) is 4.03. The Hall–Kier alpha value is -2.72. The zero-order chi connectivity index (χ0) is 21.6. The highest BCUT2D eigenvalue weighted by molar-refractivity contribution is 5.42. The fourth-order valence-corrected chi connectivity index (χ4v) is 3.09. The van der Waals surface area contributed by atoms with Crippen LogP contribution in [-0.2, 0) is 18.8 Å². The average Bonchev–Trinajstić information content (AvgIpc) is 2.60. The Labute approximate surface area is 160 Å². The van der Waals surface area contributed by atoms with E-state index in [1.165, 1.54) is 20.0 Å². The third-order valence-corrected chi connectivity index (χ3v) is 4.54. The molecule has 0 amide bonds. The van der Waals surface area contributed by atoms with Gasteiger partial charge in [-0.2, -0.15) is 26.3 Å². The summed E-state index contributed by atoms with van der Waals surface area (Å²) in [6.45, 7) is -1.95. The van der Waals surface area contributed by atoms with Gasteiger partial charge in [-0.1, -0.05) is 0 Å². The van der Waals surface area contributed by atoms with Gasteiger partial charge in [0.25, 0.3) is 0 Å². The number of hydrogen-bond acceptors (Lipinski definition) is 3. The lowest BCUT2D eigenvalue weighted by atomic mass is 9.87. The fraction of sp³-hybridized carbons (Fsp3) is 0.389. The molecule has 0 radical (unpaired) electrons. The predicted octanol–water partition coefficient (Wildman–Crippen LogP) is 4.52. The highest BCUT2D eigenvalue weighted by Crippen LogP contribution is 2.41. The molecule has 2 heterocycles. The minimum atomic E-state index is -4.80. The molecule has 0 bridgehead atoms. The van der Waals surface area contributed by atoms with E-state index >= 15 is 0 Å². The quantitative estimate of drug-likeness (QED) is 0.680. The molecule has 0 unspecified atom stereocenters. The van der Waals surface area contributed by atoms with Crippen LogP contribution in [0.1, 0.15) is 24.5 Å². The number of hydrogen-bond donors (Lipinski definition) is 0. The van der Waals surface area contributed by atoms with Gasteiger partial charge in [-0.15, -0.1) is 0 Å². The fourth-order valence-electron chi connectivity index (χ4n) is 3.09. The number of halogens is 7. The number of benzene rings is 1. The molecule has 1 atom stereocenters. The van der Waals surface area contributed by atoms with Gasteiger partial charge in [-0.25, -0.2) is 4.39 Å². The molecule has 29 heavy (non-hydrogen) atoms. The van der Waals surface area contributed by atoms with E-state index in [1.807, 2.05) is 0 Å². The van der Waals surface area contributed by atoms with Gasteiger partial charge in [0.2, 0.25) is 5.82 Å². The lowest BCUT2D eigenvalue weighted by Crippen LogP contribution is -2.34. The normalized spacial score (nSPS) is 19.9. The van der Waals surface area contributed by atoms with Gasteiger partial charge in [-0.3, -0.25) is 4.99 Å². The lowest BCUT2D eigenvalue weighted by Gasteiger charge is -2.32. The van der Waals surface area contributed by atoms with E-state index in [9.17, 15) is 30.7 Å². The monoisotopic (exact) mass is 424 g/mol. The van der Waals surface area contributed by atoms with Gasteiger partial charge in [0.05, 0.1) is 17.7 Å². The topological polar surface area (TPSA) is 35.8 Å². The van der Waals surface area contributed by atoms with E-state index < -0.39 is 41.3 Å². The highest BCUT2D eigenvalue weighted by atomic mass is 19.4. The molecule has 3 rings (SSSR count). The summed E-state index contributed by atoms with van der Waals surface area (Å²) in [5.41, 5.74) is -2.69. The molecule has 0 N–H and O–H groups in total. The summed E-state index contributed by atoms with van der Waals surface area (Å²) in [7, 11) is 1.18. The van der Waals surface area contributed by atoms with E-state index in [1.54, 1.807) is 0 Å². The number of nitrogens with zero attached hydrogens (tertiary/aromatic N) is 2. The number of fused-ring (bicyclic) bond motifs is 1. The molecular weight excluding hydrogens is 409 g/mol. The summed E-state index contributed by atoms with van der Waals surface area (Å²) in [6.07, 6.45) is -3.99. The van der Waals surface area contributed by atoms with Gasteiger partial charge in [-0.05, 0) is 25.1 Å². The first-order valence-electron chi connectivity index (χ1n) is 8.32. The van der Waals surface area contributed by atoms with Crippen LogP contribution in [0, 0.1) is 11.6 Å². The number of rotatable bonds is 3. The van der Waals surface area contributed by atoms with Gasteiger partial charge in [0.15, 0.2) is 22.8 Å². The van der Waals surface area contributed by atoms with Crippen LogP contribution in [0.3, 0.4) is 0 Å². The zero-order valence-corrected chi connectivity index (χ0v) is 15.2. The van der Waals surface area contributed by atoms with Gasteiger partial charge in [0, 0.05) is 25.2 Å². The summed E-state index contributed by atoms with van der Waals surface area (Å²) >= 11 is 0. The second-order valence-electron chi connectivity index (χ2n) is 6.63. The first-order chi connectivity index (χ1) is 13.4. The Morgan fingerprint density at radius 2 is 1.93 bits per heavy atom. The minimum absolute atomic E-state index is 0.0667. The van der Waals surface area contributed by atoms with Crippen LogP contribution in [0.4, 0.5) is 30.7 Å². The maximum Gasteiger partial charge on any atom is 0.417 e. The van der Waals surface area contributed by atoms with Crippen molar-refractivity contribution < 1.29 is 40.2 Å². The van der Waals surface area contributed by atoms with Crippen LogP contribution in [0.25, 0.3) is 0 Å². The molecule has 0 spiro atoms. The third-order valence-electron chi connectivity index (χ3n) is 4.54. The smallest absolute Gasteiger partial charge is 0.417 e. The molecule has 158 valence electrons. The molecule has 4 nitrogen and oxygen atoms in total. The Balaban J connectivity index is 2.25. The molecule has 0 saturated carbocycles. The summed E-state index contributed by atoms with van der Waals surface area (Å²) in [5.74, 6) is -3.55. The van der Waals surface area contributed by atoms with E-state index in [0.29, 0.717) is 12.3 Å². The first-order valence-corrected chi connectivity index (χ1v) is 8.32. The zero-order valence-electron chi connectivity index (χ0n) is 15.2. The number of aromatic nitrogens is 1. The van der Waals surface area contributed by atoms with Crippen molar-refractivity contribution in [1.82, 2.24) is 4.57 Å². The first kappa shape index (κ1) is 21.0. The number of aryl methyl sites for hydroxylation is 1. The minimum Gasteiger partial charge on any atom is -0.490 e. The number of ether oxygens (including phenoxy) is 2. The molecule has 0 saturated heterocycles. The predicted molar refractivity (Wildman–Crippen MR) is 86.4 cm³/mol. The second-order valence-corrected chi connectivity index (χ2v) is 6.63. The van der Waals surface area contributed by atoms with Crippen LogP contribution in [0.2, 0.25) is 0 Å². The van der Waals surface area contributed by atoms with Gasteiger partial charge in [0.1, 0.15) is 0 Å². The Kier molecular flexibility index (Phi) is 5.26. The van der Waals surface area contributed by atoms with Crippen molar-refractivity contribution in [3.8, 4) is 11.5 Å². The summed E-state index contributed by atoms with van der Waals surface area (Å²) in [5, 5.41) is 0. The molecule has 2 aromatic rings. The SMILES string of the molecule is Cn1cc(C(F)(F)F)cc(OC(F)F)/c1=N/[C@@]1(C)CCOc2c1ccc(F)c2F. The summed E-state index contributed by atoms with van der Waals surface area (Å²) in [4.78, 5) is 4.31. The summed E-state index contributed by atoms with van der Waals surface area (Å²) < 4.78 is 103. The number of alkyl halides is 5. The molecule has 0 fully saturated rings. The van der Waals surface area contributed by atoms with Crippen LogP contribution in [0.5, 0.6) is 11.5 Å². The molecule has 0 aliphatic carbocycles. The molecule has 11 heteroatoms. The highest BCUT2D eigenvalue weighted by Gasteiger charge is 2.37. The molecule has 1 aliphatic heterocycles. The van der Waals surface area contributed by atoms with Crippen molar-refractivity contribution in [2.45, 2.75) is 31.7 Å². The Morgan fingerprint density at radius 3 is 2.55 bits per heavy atom. The largest absolute Gasteiger partial charge is 0.490 e. The van der Waals surface area contributed by atoms with Crippen LogP contribution in [0.15, 0.2) is 29.4 Å². The van der Waals surface area contributed by atoms with E-state index in [4.69, 9.17) is 4.74 Å². The standard InChI is InChI=1S/C18H15F7N2O2/c1-17(5-6-28-14-10(17)3-4-11(19)13(14)20)26-15-12(29-16(21)22)7-9(8-27(15)2)18(23,24)25/h3-4,7-8,16H,5-6H2,1-2H3/b26-15-/t17-/m0/s1. The van der Waals surface area contributed by atoms with E-state index in [0.717, 1.165) is 10.6 Å². The second kappa shape index (κ2) is 7.27. The van der Waals surface area contributed by atoms with Crippen molar-refractivity contribution in [3.63, 3.8) is 0 Å². The maximum atomic E-state index is 14.1. The van der Waals surface area contributed by atoms with Crippen LogP contribution < -0.4 is 15.0 Å². The summed E-state index contributed by atoms with van der Waals surface area (Å²) in [6, 6.07) is 2.51. The van der Waals surface area contributed by atoms with Gasteiger partial charge >= 0.3 is 12.8 Å². The average molecular weight is 424 g/mol. The van der Waals surface area contributed by atoms with Crippen molar-refractivity contribution >= 4 is 0 Å². The van der Waals surface area contributed by atoms with Crippen molar-refractivity contribution in [3.05, 3.63) is 52.6 Å². The lowest BCUT2D eigenvalue weighted by molar-refractivity contribution is -0.138. The van der Waals surface area contributed by atoms with Crippen molar-refractivity contribution in [2.24, 2.45) is 12.0 Å². The van der Waals surface area contributed by atoms with E-state index in [2.05, 4.69) is 9.73 Å². The Morgan fingerprint density at radius 1 is 1.24 bits per heavy atom. The molecule has 1 aliphatic rings. The maximum absolute atomic E-state index is 14.1.